The second-order valence-electron chi connectivity index (χ2n) is 3.39. The van der Waals surface area contributed by atoms with Crippen molar-refractivity contribution in [2.75, 3.05) is 0 Å². The summed E-state index contributed by atoms with van der Waals surface area (Å²) < 4.78 is 22.3. The third-order valence-corrected chi connectivity index (χ3v) is 4.52. The van der Waals surface area contributed by atoms with E-state index in [1.165, 1.54) is 6.07 Å². The number of rotatable bonds is 2. The molecule has 0 bridgehead atoms. The summed E-state index contributed by atoms with van der Waals surface area (Å²) in [6.45, 7) is 1.88. The van der Waals surface area contributed by atoms with E-state index in [4.69, 9.17) is 10.7 Å². The molecule has 0 saturated carbocycles. The lowest BCUT2D eigenvalue weighted by atomic mass is 10.1. The highest BCUT2D eigenvalue weighted by Crippen LogP contribution is 2.29. The maximum Gasteiger partial charge on any atom is 0.261 e. The van der Waals surface area contributed by atoms with Crippen molar-refractivity contribution in [2.24, 2.45) is 0 Å². The Kier molecular flexibility index (Phi) is 3.06. The van der Waals surface area contributed by atoms with E-state index in [1.807, 2.05) is 24.4 Å². The van der Waals surface area contributed by atoms with E-state index < -0.39 is 9.05 Å². The van der Waals surface area contributed by atoms with Gasteiger partial charge in [-0.25, -0.2) is 8.42 Å². The molecule has 5 heteroatoms. The van der Waals surface area contributed by atoms with Crippen LogP contribution >= 0.6 is 22.0 Å². The van der Waals surface area contributed by atoms with Crippen molar-refractivity contribution in [1.29, 1.82) is 0 Å². The van der Waals surface area contributed by atoms with E-state index in [0.29, 0.717) is 0 Å². The second-order valence-corrected chi connectivity index (χ2v) is 6.91. The second kappa shape index (κ2) is 4.20. The summed E-state index contributed by atoms with van der Waals surface area (Å²) in [4.78, 5) is 1.27. The Hall–Kier alpha value is -0.840. The average Bonchev–Trinajstić information content (AvgIpc) is 2.69. The van der Waals surface area contributed by atoms with Gasteiger partial charge in [0, 0.05) is 15.6 Å². The van der Waals surface area contributed by atoms with E-state index in [1.54, 1.807) is 23.5 Å². The number of thiophene rings is 1. The normalized spacial score (nSPS) is 11.6. The average molecular weight is 273 g/mol. The van der Waals surface area contributed by atoms with Crippen molar-refractivity contribution >= 4 is 31.1 Å². The maximum atomic E-state index is 11.2. The van der Waals surface area contributed by atoms with E-state index in [-0.39, 0.29) is 4.90 Å². The van der Waals surface area contributed by atoms with E-state index >= 15 is 0 Å². The molecular weight excluding hydrogens is 264 g/mol. The Morgan fingerprint density at radius 3 is 2.50 bits per heavy atom. The Bertz CT molecular complexity index is 601. The topological polar surface area (TPSA) is 34.1 Å². The van der Waals surface area contributed by atoms with Gasteiger partial charge in [0.1, 0.15) is 0 Å². The molecule has 0 unspecified atom stereocenters. The van der Waals surface area contributed by atoms with Gasteiger partial charge in [-0.05, 0) is 41.6 Å². The summed E-state index contributed by atoms with van der Waals surface area (Å²) in [6, 6.07) is 8.88. The summed E-state index contributed by atoms with van der Waals surface area (Å²) in [7, 11) is 1.65. The number of halogens is 1. The molecule has 2 nitrogen and oxygen atoms in total. The van der Waals surface area contributed by atoms with Gasteiger partial charge in [-0.15, -0.1) is 11.3 Å². The number of benzene rings is 1. The summed E-state index contributed by atoms with van der Waals surface area (Å²) in [6.07, 6.45) is 0. The molecule has 0 spiro atoms. The fraction of sp³-hybridized carbons (Fsp3) is 0.0909. The SMILES string of the molecule is Cc1cc(S(=O)(=O)Cl)ccc1-c1cccs1. The summed E-state index contributed by atoms with van der Waals surface area (Å²) in [5.41, 5.74) is 1.95. The van der Waals surface area contributed by atoms with Gasteiger partial charge >= 0.3 is 0 Å². The monoisotopic (exact) mass is 272 g/mol. The minimum atomic E-state index is -3.64. The largest absolute Gasteiger partial charge is 0.261 e. The van der Waals surface area contributed by atoms with Crippen LogP contribution in [0.15, 0.2) is 40.6 Å². The standard InChI is InChI=1S/C11H9ClO2S2/c1-8-7-9(16(12,13)14)4-5-10(8)11-3-2-6-15-11/h2-7H,1H3. The molecule has 1 heterocycles. The molecule has 0 amide bonds. The van der Waals surface area contributed by atoms with Gasteiger partial charge in [-0.1, -0.05) is 12.1 Å². The molecule has 0 aliphatic heterocycles. The van der Waals surface area contributed by atoms with Crippen molar-refractivity contribution in [3.05, 3.63) is 41.3 Å². The van der Waals surface area contributed by atoms with Gasteiger partial charge < -0.3 is 0 Å². The Balaban J connectivity index is 2.54. The van der Waals surface area contributed by atoms with Crippen LogP contribution in [0, 0.1) is 6.92 Å². The molecule has 16 heavy (non-hydrogen) atoms. The van der Waals surface area contributed by atoms with Crippen LogP contribution in [0.25, 0.3) is 10.4 Å². The van der Waals surface area contributed by atoms with Crippen LogP contribution in [0.4, 0.5) is 0 Å². The van der Waals surface area contributed by atoms with Crippen LogP contribution in [0.2, 0.25) is 0 Å². The highest BCUT2D eigenvalue weighted by Gasteiger charge is 2.12. The number of hydrogen-bond acceptors (Lipinski definition) is 3. The van der Waals surface area contributed by atoms with Gasteiger partial charge in [-0.2, -0.15) is 0 Å². The summed E-state index contributed by atoms with van der Waals surface area (Å²) in [5.74, 6) is 0. The van der Waals surface area contributed by atoms with Crippen molar-refractivity contribution in [2.45, 2.75) is 11.8 Å². The molecule has 2 aromatic rings. The highest BCUT2D eigenvalue weighted by atomic mass is 35.7. The highest BCUT2D eigenvalue weighted by molar-refractivity contribution is 8.13. The van der Waals surface area contributed by atoms with Crippen LogP contribution in [-0.2, 0) is 9.05 Å². The third kappa shape index (κ3) is 2.29. The Labute approximate surface area is 103 Å². The van der Waals surface area contributed by atoms with E-state index in [9.17, 15) is 8.42 Å². The van der Waals surface area contributed by atoms with Gasteiger partial charge in [0.25, 0.3) is 9.05 Å². The van der Waals surface area contributed by atoms with Crippen LogP contribution in [0.1, 0.15) is 5.56 Å². The van der Waals surface area contributed by atoms with E-state index in [0.717, 1.165) is 16.0 Å². The lowest BCUT2D eigenvalue weighted by Gasteiger charge is -2.04. The van der Waals surface area contributed by atoms with Crippen molar-refractivity contribution < 1.29 is 8.42 Å². The zero-order chi connectivity index (χ0) is 11.8. The van der Waals surface area contributed by atoms with Crippen LogP contribution in [0.3, 0.4) is 0 Å². The lowest BCUT2D eigenvalue weighted by Crippen LogP contribution is -1.92. The number of hydrogen-bond donors (Lipinski definition) is 0. The first-order valence-corrected chi connectivity index (χ1v) is 7.76. The fourth-order valence-electron chi connectivity index (χ4n) is 1.50. The summed E-state index contributed by atoms with van der Waals surface area (Å²) in [5, 5.41) is 1.99. The Morgan fingerprint density at radius 2 is 2.00 bits per heavy atom. The molecule has 0 radical (unpaired) electrons. The lowest BCUT2D eigenvalue weighted by molar-refractivity contribution is 0.609. The van der Waals surface area contributed by atoms with Gasteiger partial charge in [-0.3, -0.25) is 0 Å². The fourth-order valence-corrected chi connectivity index (χ4v) is 3.15. The third-order valence-electron chi connectivity index (χ3n) is 2.27. The van der Waals surface area contributed by atoms with Gasteiger partial charge in [0.15, 0.2) is 0 Å². The molecule has 0 aliphatic rings. The summed E-state index contributed by atoms with van der Waals surface area (Å²) >= 11 is 1.62. The van der Waals surface area contributed by atoms with Crippen molar-refractivity contribution in [1.82, 2.24) is 0 Å². The Morgan fingerprint density at radius 1 is 1.25 bits per heavy atom. The number of aryl methyl sites for hydroxylation is 1. The molecule has 0 fully saturated rings. The van der Waals surface area contributed by atoms with Crippen molar-refractivity contribution in [3.8, 4) is 10.4 Å². The minimum absolute atomic E-state index is 0.145. The predicted molar refractivity (Wildman–Crippen MR) is 67.5 cm³/mol. The minimum Gasteiger partial charge on any atom is -0.207 e. The molecule has 1 aromatic heterocycles. The molecule has 84 valence electrons. The predicted octanol–water partition coefficient (Wildman–Crippen LogP) is 3.65. The molecule has 0 aliphatic carbocycles. The van der Waals surface area contributed by atoms with E-state index in [2.05, 4.69) is 0 Å². The van der Waals surface area contributed by atoms with Crippen LogP contribution in [-0.4, -0.2) is 8.42 Å². The molecular formula is C11H9ClO2S2. The zero-order valence-electron chi connectivity index (χ0n) is 8.48. The van der Waals surface area contributed by atoms with Crippen LogP contribution in [0.5, 0.6) is 0 Å². The smallest absolute Gasteiger partial charge is 0.207 e. The molecule has 2 rings (SSSR count). The van der Waals surface area contributed by atoms with Gasteiger partial charge in [0.2, 0.25) is 0 Å². The molecule has 0 N–H and O–H groups in total. The van der Waals surface area contributed by atoms with Crippen LogP contribution < -0.4 is 0 Å². The first-order chi connectivity index (χ1) is 7.48. The molecule has 1 aromatic carbocycles. The van der Waals surface area contributed by atoms with Gasteiger partial charge in [0.05, 0.1) is 4.90 Å². The first-order valence-electron chi connectivity index (χ1n) is 4.57. The molecule has 0 saturated heterocycles. The van der Waals surface area contributed by atoms with Crippen molar-refractivity contribution in [3.63, 3.8) is 0 Å². The maximum absolute atomic E-state index is 11.2. The molecule has 0 atom stereocenters. The zero-order valence-corrected chi connectivity index (χ0v) is 10.9. The quantitative estimate of drug-likeness (QED) is 0.782. The first kappa shape index (κ1) is 11.6.